The van der Waals surface area contributed by atoms with Gasteiger partial charge in [0.1, 0.15) is 5.97 Å². The average Bonchev–Trinajstić information content (AvgIpc) is 2.16. The van der Waals surface area contributed by atoms with E-state index in [9.17, 15) is 23.1 Å². The van der Waals surface area contributed by atoms with Crippen LogP contribution in [0.4, 0.5) is 13.2 Å². The van der Waals surface area contributed by atoms with Gasteiger partial charge in [0.2, 0.25) is 0 Å². The van der Waals surface area contributed by atoms with E-state index in [1.165, 1.54) is 6.92 Å². The zero-order valence-electron chi connectivity index (χ0n) is 8.47. The standard InChI is InChI=1S/C10H10F3NO2/c1-9(14,8(15)16)6-2-4-7(5-3-6)10(11,12)13/h2-5H,14H2,1H3,(H,15,16)/t9-/m1/s1. The second kappa shape index (κ2) is 3.79. The Hall–Kier alpha value is -1.56. The van der Waals surface area contributed by atoms with Crippen LogP contribution in [0.2, 0.25) is 0 Å². The molecular formula is C10H10F3NO2. The summed E-state index contributed by atoms with van der Waals surface area (Å²) in [5, 5.41) is 10.7. The van der Waals surface area contributed by atoms with E-state index < -0.39 is 23.2 Å². The van der Waals surface area contributed by atoms with E-state index >= 15 is 0 Å². The Labute approximate surface area is 89.7 Å². The maximum atomic E-state index is 12.2. The molecule has 0 aliphatic heterocycles. The number of carbonyl (C=O) groups excluding carboxylic acids is 1. The largest absolute Gasteiger partial charge is 0.543 e. The van der Waals surface area contributed by atoms with Gasteiger partial charge in [0, 0.05) is 12.5 Å². The third kappa shape index (κ3) is 2.33. The van der Waals surface area contributed by atoms with E-state index in [0.717, 1.165) is 24.3 Å². The maximum absolute atomic E-state index is 12.2. The molecule has 0 heterocycles. The molecule has 1 atom stereocenters. The van der Waals surface area contributed by atoms with Crippen LogP contribution in [-0.2, 0) is 16.5 Å². The number of aliphatic carboxylic acids is 1. The van der Waals surface area contributed by atoms with Gasteiger partial charge in [-0.1, -0.05) is 12.1 Å². The number of hydrogen-bond donors (Lipinski definition) is 1. The molecule has 0 spiro atoms. The first-order valence-corrected chi connectivity index (χ1v) is 4.40. The minimum Gasteiger partial charge on any atom is -0.543 e. The summed E-state index contributed by atoms with van der Waals surface area (Å²) in [5.41, 5.74) is 1.18. The number of rotatable bonds is 2. The Morgan fingerprint density at radius 2 is 1.56 bits per heavy atom. The number of alkyl halides is 3. The molecule has 0 aliphatic rings. The van der Waals surface area contributed by atoms with Gasteiger partial charge in [-0.15, -0.1) is 0 Å². The SMILES string of the molecule is C[C@]([NH3+])(C(=O)[O-])c1ccc(C(F)(F)F)cc1. The summed E-state index contributed by atoms with van der Waals surface area (Å²) in [7, 11) is 0. The number of quaternary nitrogens is 1. The van der Waals surface area contributed by atoms with Crippen LogP contribution in [0.3, 0.4) is 0 Å². The highest BCUT2D eigenvalue weighted by Gasteiger charge is 2.32. The molecule has 0 saturated carbocycles. The van der Waals surface area contributed by atoms with Gasteiger partial charge >= 0.3 is 6.18 Å². The predicted molar refractivity (Wildman–Crippen MR) is 46.7 cm³/mol. The molecule has 6 heteroatoms. The number of carbonyl (C=O) groups is 1. The lowest BCUT2D eigenvalue weighted by atomic mass is 9.92. The Bertz CT molecular complexity index is 396. The summed E-state index contributed by atoms with van der Waals surface area (Å²) in [6, 6.07) is 3.82. The van der Waals surface area contributed by atoms with Crippen LogP contribution in [0.15, 0.2) is 24.3 Å². The monoisotopic (exact) mass is 233 g/mol. The van der Waals surface area contributed by atoms with E-state index in [4.69, 9.17) is 0 Å². The van der Waals surface area contributed by atoms with Crippen LogP contribution in [0.25, 0.3) is 0 Å². The normalized spacial score (nSPS) is 15.6. The van der Waals surface area contributed by atoms with Gasteiger partial charge < -0.3 is 15.6 Å². The summed E-state index contributed by atoms with van der Waals surface area (Å²) in [6.07, 6.45) is -4.43. The van der Waals surface area contributed by atoms with Crippen LogP contribution in [0.1, 0.15) is 18.1 Å². The van der Waals surface area contributed by atoms with Crippen molar-refractivity contribution < 1.29 is 28.8 Å². The molecule has 3 N–H and O–H groups in total. The summed E-state index contributed by atoms with van der Waals surface area (Å²) in [4.78, 5) is 10.7. The molecule has 0 radical (unpaired) electrons. The van der Waals surface area contributed by atoms with Gasteiger partial charge in [-0.3, -0.25) is 0 Å². The number of benzene rings is 1. The van der Waals surface area contributed by atoms with E-state index in [0.29, 0.717) is 0 Å². The summed E-state index contributed by atoms with van der Waals surface area (Å²) >= 11 is 0. The van der Waals surface area contributed by atoms with Crippen LogP contribution in [-0.4, -0.2) is 5.97 Å². The fraction of sp³-hybridized carbons (Fsp3) is 0.300. The molecule has 0 amide bonds. The summed E-state index contributed by atoms with van der Waals surface area (Å²) < 4.78 is 36.7. The van der Waals surface area contributed by atoms with Crippen LogP contribution in [0, 0.1) is 0 Å². The summed E-state index contributed by atoms with van der Waals surface area (Å²) in [5.74, 6) is -1.44. The smallest absolute Gasteiger partial charge is 0.416 e. The number of halogens is 3. The van der Waals surface area contributed by atoms with Gasteiger partial charge in [0.15, 0.2) is 5.54 Å². The number of carboxylic acids is 1. The fourth-order valence-corrected chi connectivity index (χ4v) is 1.14. The molecular weight excluding hydrogens is 223 g/mol. The third-order valence-electron chi connectivity index (χ3n) is 2.30. The van der Waals surface area contributed by atoms with Crippen molar-refractivity contribution in [2.24, 2.45) is 0 Å². The maximum Gasteiger partial charge on any atom is 0.416 e. The van der Waals surface area contributed by atoms with Crippen LogP contribution in [0.5, 0.6) is 0 Å². The van der Waals surface area contributed by atoms with Crippen LogP contribution >= 0.6 is 0 Å². The molecule has 16 heavy (non-hydrogen) atoms. The van der Waals surface area contributed by atoms with Crippen molar-refractivity contribution in [3.63, 3.8) is 0 Å². The molecule has 0 bridgehead atoms. The molecule has 1 rings (SSSR count). The van der Waals surface area contributed by atoms with E-state index in [-0.39, 0.29) is 5.56 Å². The van der Waals surface area contributed by atoms with Crippen molar-refractivity contribution >= 4 is 5.97 Å². The van der Waals surface area contributed by atoms with E-state index in [1.807, 2.05) is 0 Å². The lowest BCUT2D eigenvalue weighted by molar-refractivity contribution is -0.489. The highest BCUT2D eigenvalue weighted by Crippen LogP contribution is 2.30. The number of carboxylic acid groups (broad SMARTS) is 1. The predicted octanol–water partition coefficient (Wildman–Crippen LogP) is -0.0876. The Morgan fingerprint density at radius 1 is 1.19 bits per heavy atom. The molecule has 0 aromatic heterocycles. The van der Waals surface area contributed by atoms with Crippen molar-refractivity contribution in [3.8, 4) is 0 Å². The summed E-state index contributed by atoms with van der Waals surface area (Å²) in [6.45, 7) is 1.27. The second-order valence-electron chi connectivity index (χ2n) is 3.69. The number of hydrogen-bond acceptors (Lipinski definition) is 2. The fourth-order valence-electron chi connectivity index (χ4n) is 1.14. The molecule has 88 valence electrons. The molecule has 0 saturated heterocycles. The molecule has 0 aliphatic carbocycles. The van der Waals surface area contributed by atoms with Gasteiger partial charge in [-0.2, -0.15) is 13.2 Å². The first-order valence-electron chi connectivity index (χ1n) is 4.40. The van der Waals surface area contributed by atoms with Crippen molar-refractivity contribution in [1.82, 2.24) is 0 Å². The van der Waals surface area contributed by atoms with Gasteiger partial charge in [-0.05, 0) is 12.1 Å². The molecule has 1 aromatic rings. The quantitative estimate of drug-likeness (QED) is 0.775. The molecule has 0 unspecified atom stereocenters. The Balaban J connectivity index is 3.09. The Morgan fingerprint density at radius 3 is 1.88 bits per heavy atom. The first kappa shape index (κ1) is 12.5. The zero-order valence-corrected chi connectivity index (χ0v) is 8.47. The highest BCUT2D eigenvalue weighted by atomic mass is 19.4. The van der Waals surface area contributed by atoms with Crippen molar-refractivity contribution in [2.75, 3.05) is 0 Å². The second-order valence-corrected chi connectivity index (χ2v) is 3.69. The van der Waals surface area contributed by atoms with Gasteiger partial charge in [0.25, 0.3) is 0 Å². The molecule has 3 nitrogen and oxygen atoms in total. The first-order chi connectivity index (χ1) is 7.15. The zero-order chi connectivity index (χ0) is 12.6. The van der Waals surface area contributed by atoms with Crippen molar-refractivity contribution in [2.45, 2.75) is 18.6 Å². The Kier molecular flexibility index (Phi) is 2.96. The van der Waals surface area contributed by atoms with Crippen molar-refractivity contribution in [3.05, 3.63) is 35.4 Å². The lowest BCUT2D eigenvalue weighted by Gasteiger charge is -2.22. The van der Waals surface area contributed by atoms with Crippen molar-refractivity contribution in [1.29, 1.82) is 0 Å². The van der Waals surface area contributed by atoms with Crippen LogP contribution < -0.4 is 10.8 Å². The molecule has 0 fully saturated rings. The average molecular weight is 233 g/mol. The topological polar surface area (TPSA) is 67.8 Å². The van der Waals surface area contributed by atoms with Gasteiger partial charge in [0.05, 0.1) is 5.56 Å². The minimum absolute atomic E-state index is 0.167. The highest BCUT2D eigenvalue weighted by molar-refractivity contribution is 5.76. The minimum atomic E-state index is -4.43. The van der Waals surface area contributed by atoms with E-state index in [2.05, 4.69) is 5.73 Å². The van der Waals surface area contributed by atoms with Gasteiger partial charge in [-0.25, -0.2) is 0 Å². The third-order valence-corrected chi connectivity index (χ3v) is 2.30. The lowest BCUT2D eigenvalue weighted by Crippen LogP contribution is -2.75. The molecule has 1 aromatic carbocycles. The van der Waals surface area contributed by atoms with E-state index in [1.54, 1.807) is 0 Å².